The molecule has 3 amide bonds. The molecule has 0 bridgehead atoms. The maximum atomic E-state index is 13.0. The van der Waals surface area contributed by atoms with Gasteiger partial charge in [0.25, 0.3) is 0 Å². The molecule has 1 heterocycles. The summed E-state index contributed by atoms with van der Waals surface area (Å²) in [7, 11) is 0. The Bertz CT molecular complexity index is 1240. The SMILES string of the molecule is NC(=O)CCC(NC(=O)C(N)Cc1ccc(O)cc1)C(=O)NC(Cc1c[nH]c2ccccc12)C(=O)O. The van der Waals surface area contributed by atoms with Gasteiger partial charge in [0.05, 0.1) is 6.04 Å². The van der Waals surface area contributed by atoms with Crippen molar-refractivity contribution in [1.29, 1.82) is 0 Å². The second-order valence-corrected chi connectivity index (χ2v) is 8.51. The molecule has 11 nitrogen and oxygen atoms in total. The van der Waals surface area contributed by atoms with E-state index >= 15 is 0 Å². The molecule has 190 valence electrons. The van der Waals surface area contributed by atoms with Gasteiger partial charge in [-0.15, -0.1) is 0 Å². The summed E-state index contributed by atoms with van der Waals surface area (Å²) in [5.74, 6) is -3.29. The van der Waals surface area contributed by atoms with Gasteiger partial charge in [0.1, 0.15) is 17.8 Å². The number of aromatic hydroxyl groups is 1. The van der Waals surface area contributed by atoms with Crippen LogP contribution in [0.1, 0.15) is 24.0 Å². The van der Waals surface area contributed by atoms with Crippen LogP contribution in [0.15, 0.2) is 54.7 Å². The summed E-state index contributed by atoms with van der Waals surface area (Å²) in [6.45, 7) is 0. The number of phenols is 1. The minimum Gasteiger partial charge on any atom is -0.508 e. The number of H-pyrrole nitrogens is 1. The van der Waals surface area contributed by atoms with E-state index in [0.29, 0.717) is 11.1 Å². The Morgan fingerprint density at radius 1 is 0.917 bits per heavy atom. The van der Waals surface area contributed by atoms with E-state index in [-0.39, 0.29) is 31.4 Å². The Labute approximate surface area is 206 Å². The van der Waals surface area contributed by atoms with Gasteiger partial charge in [-0.1, -0.05) is 30.3 Å². The van der Waals surface area contributed by atoms with Crippen molar-refractivity contribution in [2.45, 2.75) is 43.8 Å². The van der Waals surface area contributed by atoms with Crippen LogP contribution in [0.5, 0.6) is 5.75 Å². The molecule has 3 atom stereocenters. The lowest BCUT2D eigenvalue weighted by Crippen LogP contribution is -2.55. The number of phenolic OH excluding ortho intramolecular Hbond substituents is 1. The number of fused-ring (bicyclic) bond motifs is 1. The first kappa shape index (κ1) is 26.2. The van der Waals surface area contributed by atoms with E-state index in [9.17, 15) is 29.4 Å². The number of para-hydroxylation sites is 1. The topological polar surface area (TPSA) is 201 Å². The van der Waals surface area contributed by atoms with E-state index in [1.54, 1.807) is 18.3 Å². The van der Waals surface area contributed by atoms with Gasteiger partial charge in [-0.25, -0.2) is 4.79 Å². The van der Waals surface area contributed by atoms with Crippen LogP contribution in [0.25, 0.3) is 10.9 Å². The van der Waals surface area contributed by atoms with Crippen molar-refractivity contribution in [1.82, 2.24) is 15.6 Å². The fourth-order valence-corrected chi connectivity index (χ4v) is 3.81. The highest BCUT2D eigenvalue weighted by Gasteiger charge is 2.29. The molecule has 3 rings (SSSR count). The highest BCUT2D eigenvalue weighted by Crippen LogP contribution is 2.19. The molecule has 0 spiro atoms. The molecule has 3 aromatic rings. The molecular weight excluding hydrogens is 466 g/mol. The molecule has 36 heavy (non-hydrogen) atoms. The maximum absolute atomic E-state index is 13.0. The van der Waals surface area contributed by atoms with E-state index < -0.39 is 41.8 Å². The lowest BCUT2D eigenvalue weighted by atomic mass is 10.0. The van der Waals surface area contributed by atoms with E-state index in [4.69, 9.17) is 11.5 Å². The zero-order valence-corrected chi connectivity index (χ0v) is 19.4. The Balaban J connectivity index is 1.69. The number of benzene rings is 2. The average molecular weight is 496 g/mol. The molecule has 0 fully saturated rings. The molecular formula is C25H29N5O6. The molecule has 3 unspecified atom stereocenters. The molecule has 0 aliphatic rings. The maximum Gasteiger partial charge on any atom is 0.326 e. The molecule has 1 aromatic heterocycles. The molecule has 2 aromatic carbocycles. The van der Waals surface area contributed by atoms with Crippen LogP contribution in [0.2, 0.25) is 0 Å². The van der Waals surface area contributed by atoms with Gasteiger partial charge in [-0.3, -0.25) is 14.4 Å². The molecule has 0 aliphatic carbocycles. The Kier molecular flexibility index (Phi) is 8.63. The first-order chi connectivity index (χ1) is 17.1. The monoisotopic (exact) mass is 495 g/mol. The van der Waals surface area contributed by atoms with Gasteiger partial charge in [0.2, 0.25) is 17.7 Å². The predicted molar refractivity (Wildman–Crippen MR) is 132 cm³/mol. The Hall–Kier alpha value is -4.38. The van der Waals surface area contributed by atoms with E-state index in [2.05, 4.69) is 15.6 Å². The zero-order valence-electron chi connectivity index (χ0n) is 19.4. The van der Waals surface area contributed by atoms with Crippen molar-refractivity contribution in [2.75, 3.05) is 0 Å². The third-order valence-corrected chi connectivity index (χ3v) is 5.75. The fourth-order valence-electron chi connectivity index (χ4n) is 3.81. The van der Waals surface area contributed by atoms with Crippen LogP contribution in [-0.4, -0.2) is 57.0 Å². The number of aromatic amines is 1. The van der Waals surface area contributed by atoms with Crippen molar-refractivity contribution >= 4 is 34.6 Å². The van der Waals surface area contributed by atoms with Crippen LogP contribution < -0.4 is 22.1 Å². The number of hydrogen-bond acceptors (Lipinski definition) is 6. The van der Waals surface area contributed by atoms with Gasteiger partial charge in [-0.05, 0) is 42.2 Å². The highest BCUT2D eigenvalue weighted by molar-refractivity contribution is 5.92. The highest BCUT2D eigenvalue weighted by atomic mass is 16.4. The molecule has 9 N–H and O–H groups in total. The number of nitrogens with one attached hydrogen (secondary N) is 3. The third kappa shape index (κ3) is 7.06. The van der Waals surface area contributed by atoms with E-state index in [1.165, 1.54) is 12.1 Å². The van der Waals surface area contributed by atoms with Gasteiger partial charge >= 0.3 is 5.97 Å². The summed E-state index contributed by atoms with van der Waals surface area (Å²) in [6.07, 6.45) is 1.49. The normalized spacial score (nSPS) is 13.5. The number of aromatic nitrogens is 1. The smallest absolute Gasteiger partial charge is 0.326 e. The van der Waals surface area contributed by atoms with Crippen LogP contribution in [0.3, 0.4) is 0 Å². The summed E-state index contributed by atoms with van der Waals surface area (Å²) in [5, 5.41) is 24.9. The quantitative estimate of drug-likeness (QED) is 0.187. The fraction of sp³-hybridized carbons (Fsp3) is 0.280. The standard InChI is InChI=1S/C25H29N5O6/c26-18(11-14-5-7-16(31)8-6-14)23(33)29-20(9-10-22(27)32)24(34)30-21(25(35)36)12-15-13-28-19-4-2-1-3-17(15)19/h1-8,13,18,20-21,28,31H,9-12,26H2,(H2,27,32)(H,29,33)(H,30,34)(H,35,36). The van der Waals surface area contributed by atoms with E-state index in [0.717, 1.165) is 10.9 Å². The number of rotatable bonds is 12. The molecule has 0 radical (unpaired) electrons. The summed E-state index contributed by atoms with van der Waals surface area (Å²) < 4.78 is 0. The number of carbonyl (C=O) groups excluding carboxylic acids is 3. The number of carboxylic acid groups (broad SMARTS) is 1. The zero-order chi connectivity index (χ0) is 26.2. The van der Waals surface area contributed by atoms with Crippen molar-refractivity contribution in [3.8, 4) is 5.75 Å². The van der Waals surface area contributed by atoms with Crippen LogP contribution in [0, 0.1) is 0 Å². The first-order valence-electron chi connectivity index (χ1n) is 11.3. The number of nitrogens with two attached hydrogens (primary N) is 2. The number of aliphatic carboxylic acids is 1. The second kappa shape index (κ2) is 11.8. The number of amides is 3. The number of hydrogen-bond donors (Lipinski definition) is 7. The predicted octanol–water partition coefficient (Wildman–Crippen LogP) is 0.306. The van der Waals surface area contributed by atoms with Crippen molar-refractivity contribution in [3.63, 3.8) is 0 Å². The number of carboxylic acids is 1. The lowest BCUT2D eigenvalue weighted by molar-refractivity contribution is -0.142. The summed E-state index contributed by atoms with van der Waals surface area (Å²) in [6, 6.07) is 9.98. The average Bonchev–Trinajstić information content (AvgIpc) is 3.25. The minimum absolute atomic E-state index is 0.00192. The van der Waals surface area contributed by atoms with Crippen molar-refractivity contribution < 1.29 is 29.4 Å². The van der Waals surface area contributed by atoms with Crippen LogP contribution in [0.4, 0.5) is 0 Å². The summed E-state index contributed by atoms with van der Waals surface area (Å²) >= 11 is 0. The number of primary amides is 1. The van der Waals surface area contributed by atoms with Gasteiger partial charge in [0.15, 0.2) is 0 Å². The molecule has 0 saturated carbocycles. The van der Waals surface area contributed by atoms with Crippen molar-refractivity contribution in [2.24, 2.45) is 11.5 Å². The summed E-state index contributed by atoms with van der Waals surface area (Å²) in [5.41, 5.74) is 13.4. The summed E-state index contributed by atoms with van der Waals surface area (Å²) in [4.78, 5) is 52.0. The van der Waals surface area contributed by atoms with Gasteiger partial charge < -0.3 is 37.3 Å². The molecule has 0 saturated heterocycles. The Morgan fingerprint density at radius 3 is 2.25 bits per heavy atom. The Morgan fingerprint density at radius 2 is 1.58 bits per heavy atom. The second-order valence-electron chi connectivity index (χ2n) is 8.51. The van der Waals surface area contributed by atoms with E-state index in [1.807, 2.05) is 24.3 Å². The minimum atomic E-state index is -1.28. The molecule has 11 heteroatoms. The van der Waals surface area contributed by atoms with Crippen LogP contribution in [-0.2, 0) is 32.0 Å². The van der Waals surface area contributed by atoms with Gasteiger partial charge in [-0.2, -0.15) is 0 Å². The van der Waals surface area contributed by atoms with Gasteiger partial charge in [0, 0.05) is 29.9 Å². The number of carbonyl (C=O) groups is 4. The first-order valence-corrected chi connectivity index (χ1v) is 11.3. The van der Waals surface area contributed by atoms with Crippen LogP contribution >= 0.6 is 0 Å². The largest absolute Gasteiger partial charge is 0.508 e. The third-order valence-electron chi connectivity index (χ3n) is 5.75. The molecule has 0 aliphatic heterocycles. The lowest BCUT2D eigenvalue weighted by Gasteiger charge is -2.23. The van der Waals surface area contributed by atoms with Crippen molar-refractivity contribution in [3.05, 3.63) is 65.9 Å².